The molecule has 0 bridgehead atoms. The van der Waals surface area contributed by atoms with E-state index in [0.717, 1.165) is 0 Å². The van der Waals surface area contributed by atoms with Crippen molar-refractivity contribution in [2.75, 3.05) is 0 Å². The van der Waals surface area contributed by atoms with Gasteiger partial charge in [0, 0.05) is 12.4 Å². The third-order valence-corrected chi connectivity index (χ3v) is 4.04. The maximum Gasteiger partial charge on any atom is 0.00844 e. The highest BCUT2D eigenvalue weighted by Gasteiger charge is 2.41. The fourth-order valence-electron chi connectivity index (χ4n) is 3.52. The summed E-state index contributed by atoms with van der Waals surface area (Å²) in [5, 5.41) is 2.68. The summed E-state index contributed by atoms with van der Waals surface area (Å²) in [4.78, 5) is 3.20. The molecule has 84 valence electrons. The highest BCUT2D eigenvalue weighted by atomic mass is 14.6. The van der Waals surface area contributed by atoms with Crippen LogP contribution in [0.15, 0.2) is 24.5 Å². The highest BCUT2D eigenvalue weighted by Crippen LogP contribution is 2.50. The Morgan fingerprint density at radius 2 is 1.31 bits per heavy atom. The summed E-state index contributed by atoms with van der Waals surface area (Å²) in [6.45, 7) is 9.44. The number of hydrogen-bond acceptors (Lipinski definition) is 0. The van der Waals surface area contributed by atoms with E-state index in [0.29, 0.717) is 10.8 Å². The average Bonchev–Trinajstić information content (AvgIpc) is 2.66. The molecular formula is C15H19N. The molecule has 0 atom stereocenters. The van der Waals surface area contributed by atoms with Crippen LogP contribution in [0.4, 0.5) is 0 Å². The van der Waals surface area contributed by atoms with Crippen molar-refractivity contribution in [2.45, 2.75) is 44.9 Å². The molecule has 0 saturated carbocycles. The van der Waals surface area contributed by atoms with Crippen LogP contribution < -0.4 is 0 Å². The molecule has 16 heavy (non-hydrogen) atoms. The SMILES string of the molecule is CC1(C)CC(C)(C)c2cc3c[nH]cc3cc21. The Hall–Kier alpha value is -1.24. The molecule has 0 aliphatic heterocycles. The topological polar surface area (TPSA) is 15.8 Å². The summed E-state index contributed by atoms with van der Waals surface area (Å²) in [5.41, 5.74) is 3.68. The predicted molar refractivity (Wildman–Crippen MR) is 69.0 cm³/mol. The quantitative estimate of drug-likeness (QED) is 0.677. The lowest BCUT2D eigenvalue weighted by Crippen LogP contribution is -2.17. The maximum absolute atomic E-state index is 3.20. The van der Waals surface area contributed by atoms with Crippen LogP contribution in [-0.2, 0) is 10.8 Å². The van der Waals surface area contributed by atoms with Crippen molar-refractivity contribution in [1.29, 1.82) is 0 Å². The van der Waals surface area contributed by atoms with E-state index < -0.39 is 0 Å². The first kappa shape index (κ1) is 9.95. The van der Waals surface area contributed by atoms with Crippen molar-refractivity contribution in [3.8, 4) is 0 Å². The van der Waals surface area contributed by atoms with E-state index in [1.165, 1.54) is 28.3 Å². The highest BCUT2D eigenvalue weighted by molar-refractivity contribution is 5.84. The van der Waals surface area contributed by atoms with Crippen molar-refractivity contribution >= 4 is 10.8 Å². The molecule has 1 aromatic heterocycles. The van der Waals surface area contributed by atoms with Gasteiger partial charge in [-0.15, -0.1) is 0 Å². The fourth-order valence-corrected chi connectivity index (χ4v) is 3.52. The Bertz CT molecular complexity index is 510. The van der Waals surface area contributed by atoms with E-state index in [-0.39, 0.29) is 0 Å². The van der Waals surface area contributed by atoms with Gasteiger partial charge >= 0.3 is 0 Å². The third-order valence-electron chi connectivity index (χ3n) is 4.04. The molecule has 0 amide bonds. The molecule has 1 aliphatic carbocycles. The Balaban J connectivity index is 2.37. The van der Waals surface area contributed by atoms with E-state index in [9.17, 15) is 0 Å². The van der Waals surface area contributed by atoms with E-state index in [1.807, 2.05) is 0 Å². The molecule has 1 aliphatic rings. The summed E-state index contributed by atoms with van der Waals surface area (Å²) in [5.74, 6) is 0. The van der Waals surface area contributed by atoms with Crippen LogP contribution in [0.3, 0.4) is 0 Å². The number of nitrogens with one attached hydrogen (secondary N) is 1. The average molecular weight is 213 g/mol. The van der Waals surface area contributed by atoms with E-state index in [2.05, 4.69) is 57.2 Å². The first-order valence-corrected chi connectivity index (χ1v) is 6.02. The third kappa shape index (κ3) is 1.17. The molecule has 1 heteroatoms. The number of hydrogen-bond donors (Lipinski definition) is 1. The van der Waals surface area contributed by atoms with Gasteiger partial charge in [0.05, 0.1) is 0 Å². The molecular weight excluding hydrogens is 194 g/mol. The Labute approximate surface area is 96.9 Å². The van der Waals surface area contributed by atoms with Crippen LogP contribution >= 0.6 is 0 Å². The van der Waals surface area contributed by atoms with Crippen LogP contribution in [0.25, 0.3) is 10.8 Å². The first-order chi connectivity index (χ1) is 7.40. The lowest BCUT2D eigenvalue weighted by molar-refractivity contribution is 0.403. The van der Waals surface area contributed by atoms with Crippen LogP contribution in [0.1, 0.15) is 45.2 Å². The van der Waals surface area contributed by atoms with Crippen LogP contribution in [-0.4, -0.2) is 4.98 Å². The molecule has 2 aromatic rings. The van der Waals surface area contributed by atoms with Crippen molar-refractivity contribution in [1.82, 2.24) is 4.98 Å². The zero-order valence-electron chi connectivity index (χ0n) is 10.5. The van der Waals surface area contributed by atoms with Crippen molar-refractivity contribution in [3.63, 3.8) is 0 Å². The van der Waals surface area contributed by atoms with Crippen molar-refractivity contribution in [2.24, 2.45) is 0 Å². The van der Waals surface area contributed by atoms with Gasteiger partial charge in [0.25, 0.3) is 0 Å². The predicted octanol–water partition coefficient (Wildman–Crippen LogP) is 4.13. The molecule has 0 radical (unpaired) electrons. The molecule has 0 fully saturated rings. The van der Waals surface area contributed by atoms with Crippen molar-refractivity contribution in [3.05, 3.63) is 35.7 Å². The van der Waals surface area contributed by atoms with Crippen LogP contribution in [0.5, 0.6) is 0 Å². The molecule has 1 aromatic carbocycles. The second-order valence-electron chi connectivity index (χ2n) is 6.43. The number of aromatic amines is 1. The number of aromatic nitrogens is 1. The zero-order chi connectivity index (χ0) is 11.6. The maximum atomic E-state index is 3.20. The number of rotatable bonds is 0. The Morgan fingerprint density at radius 1 is 0.875 bits per heavy atom. The summed E-state index contributed by atoms with van der Waals surface area (Å²) in [7, 11) is 0. The summed E-state index contributed by atoms with van der Waals surface area (Å²) < 4.78 is 0. The second kappa shape index (κ2) is 2.71. The lowest BCUT2D eigenvalue weighted by atomic mass is 9.82. The summed E-state index contributed by atoms with van der Waals surface area (Å²) in [6.07, 6.45) is 5.43. The number of fused-ring (bicyclic) bond motifs is 2. The summed E-state index contributed by atoms with van der Waals surface area (Å²) in [6, 6.07) is 4.74. The first-order valence-electron chi connectivity index (χ1n) is 6.02. The smallest absolute Gasteiger partial charge is 0.00844 e. The summed E-state index contributed by atoms with van der Waals surface area (Å²) >= 11 is 0. The second-order valence-corrected chi connectivity index (χ2v) is 6.43. The van der Waals surface area contributed by atoms with E-state index in [1.54, 1.807) is 0 Å². The molecule has 1 nitrogen and oxygen atoms in total. The van der Waals surface area contributed by atoms with E-state index >= 15 is 0 Å². The molecule has 0 saturated heterocycles. The van der Waals surface area contributed by atoms with Gasteiger partial charge in [0.1, 0.15) is 0 Å². The van der Waals surface area contributed by atoms with Gasteiger partial charge in [-0.2, -0.15) is 0 Å². The largest absolute Gasteiger partial charge is 0.366 e. The monoisotopic (exact) mass is 213 g/mol. The molecule has 1 heterocycles. The van der Waals surface area contributed by atoms with Crippen LogP contribution in [0.2, 0.25) is 0 Å². The minimum absolute atomic E-state index is 0.310. The Kier molecular flexibility index (Phi) is 1.68. The van der Waals surface area contributed by atoms with Crippen molar-refractivity contribution < 1.29 is 0 Å². The molecule has 1 N–H and O–H groups in total. The van der Waals surface area contributed by atoms with Gasteiger partial charge in [0.15, 0.2) is 0 Å². The van der Waals surface area contributed by atoms with Gasteiger partial charge in [-0.05, 0) is 51.3 Å². The fraction of sp³-hybridized carbons (Fsp3) is 0.467. The van der Waals surface area contributed by atoms with Gasteiger partial charge in [0.2, 0.25) is 0 Å². The van der Waals surface area contributed by atoms with Gasteiger partial charge < -0.3 is 4.98 Å². The normalized spacial score (nSPS) is 21.2. The number of H-pyrrole nitrogens is 1. The van der Waals surface area contributed by atoms with Gasteiger partial charge in [-0.3, -0.25) is 0 Å². The number of benzene rings is 1. The van der Waals surface area contributed by atoms with Crippen LogP contribution in [0, 0.1) is 0 Å². The lowest BCUT2D eigenvalue weighted by Gasteiger charge is -2.22. The zero-order valence-corrected chi connectivity index (χ0v) is 10.5. The molecule has 0 unspecified atom stereocenters. The standard InChI is InChI=1S/C15H19N/c1-14(2)9-15(3,4)13-6-11-8-16-7-10(11)5-12(13)14/h5-8,16H,9H2,1-4H3. The Morgan fingerprint density at radius 3 is 1.75 bits per heavy atom. The minimum atomic E-state index is 0.310. The van der Waals surface area contributed by atoms with Gasteiger partial charge in [-0.25, -0.2) is 0 Å². The van der Waals surface area contributed by atoms with Gasteiger partial charge in [-0.1, -0.05) is 27.7 Å². The molecule has 0 spiro atoms. The van der Waals surface area contributed by atoms with E-state index in [4.69, 9.17) is 0 Å². The minimum Gasteiger partial charge on any atom is -0.366 e. The molecule has 3 rings (SSSR count).